The van der Waals surface area contributed by atoms with Gasteiger partial charge in [-0.2, -0.15) is 5.26 Å². The van der Waals surface area contributed by atoms with Gasteiger partial charge in [-0.3, -0.25) is 0 Å². The molecule has 3 heteroatoms. The zero-order valence-electron chi connectivity index (χ0n) is 14.9. The Morgan fingerprint density at radius 2 is 1.73 bits per heavy atom. The van der Waals surface area contributed by atoms with Crippen molar-refractivity contribution < 1.29 is 4.39 Å². The smallest absolute Gasteiger partial charge is 0.127 e. The number of piperidine rings is 1. The lowest BCUT2D eigenvalue weighted by Crippen LogP contribution is -2.36. The van der Waals surface area contributed by atoms with Gasteiger partial charge in [0.05, 0.1) is 6.07 Å². The summed E-state index contributed by atoms with van der Waals surface area (Å²) in [5.74, 6) is 0.418. The summed E-state index contributed by atoms with van der Waals surface area (Å²) in [5, 5.41) is 8.81. The molecule has 0 N–H and O–H groups in total. The highest BCUT2D eigenvalue weighted by molar-refractivity contribution is 5.76. The summed E-state index contributed by atoms with van der Waals surface area (Å²) in [6, 6.07) is 16.1. The van der Waals surface area contributed by atoms with E-state index < -0.39 is 0 Å². The number of halogens is 1. The third kappa shape index (κ3) is 3.18. The summed E-state index contributed by atoms with van der Waals surface area (Å²) in [4.78, 5) is 2.36. The molecule has 1 aliphatic carbocycles. The molecule has 1 unspecified atom stereocenters. The molecule has 0 radical (unpaired) electrons. The summed E-state index contributed by atoms with van der Waals surface area (Å²) in [6.07, 6.45) is 6.84. The maximum absolute atomic E-state index is 14.9. The van der Waals surface area contributed by atoms with Gasteiger partial charge in [0.1, 0.15) is 5.82 Å². The van der Waals surface area contributed by atoms with Crippen molar-refractivity contribution in [1.29, 1.82) is 5.26 Å². The van der Waals surface area contributed by atoms with Crippen LogP contribution in [0.15, 0.2) is 42.5 Å². The third-order valence-corrected chi connectivity index (χ3v) is 5.81. The maximum Gasteiger partial charge on any atom is 0.127 e. The Hall–Kier alpha value is -2.44. The molecule has 4 rings (SSSR count). The molecule has 2 aliphatic rings. The van der Waals surface area contributed by atoms with Gasteiger partial charge in [-0.05, 0) is 54.6 Å². The molecule has 0 saturated carbocycles. The molecule has 1 atom stereocenters. The SMILES string of the molecule is N#CCCN1CCC(C2c3ccccc3C=Cc3cccc(F)c32)CC1. The number of benzene rings is 2. The van der Waals surface area contributed by atoms with E-state index in [0.717, 1.165) is 43.6 Å². The lowest BCUT2D eigenvalue weighted by Gasteiger charge is -2.37. The van der Waals surface area contributed by atoms with Gasteiger partial charge in [-0.15, -0.1) is 0 Å². The topological polar surface area (TPSA) is 27.0 Å². The molecule has 0 spiro atoms. The first-order valence-corrected chi connectivity index (χ1v) is 9.42. The first-order valence-electron chi connectivity index (χ1n) is 9.42. The van der Waals surface area contributed by atoms with Crippen molar-refractivity contribution >= 4 is 12.2 Å². The lowest BCUT2D eigenvalue weighted by atomic mass is 9.74. The van der Waals surface area contributed by atoms with Gasteiger partial charge in [0, 0.05) is 24.4 Å². The van der Waals surface area contributed by atoms with Crippen LogP contribution in [0.5, 0.6) is 0 Å². The van der Waals surface area contributed by atoms with Gasteiger partial charge in [-0.25, -0.2) is 4.39 Å². The van der Waals surface area contributed by atoms with Gasteiger partial charge in [0.15, 0.2) is 0 Å². The zero-order valence-corrected chi connectivity index (χ0v) is 14.9. The van der Waals surface area contributed by atoms with Gasteiger partial charge in [0.25, 0.3) is 0 Å². The van der Waals surface area contributed by atoms with Crippen molar-refractivity contribution in [3.05, 3.63) is 70.5 Å². The van der Waals surface area contributed by atoms with Crippen LogP contribution in [0.2, 0.25) is 0 Å². The van der Waals surface area contributed by atoms with Gasteiger partial charge in [0.2, 0.25) is 0 Å². The highest BCUT2D eigenvalue weighted by Gasteiger charge is 2.33. The second-order valence-corrected chi connectivity index (χ2v) is 7.27. The monoisotopic (exact) mass is 346 g/mol. The average molecular weight is 346 g/mol. The summed E-state index contributed by atoms with van der Waals surface area (Å²) in [6.45, 7) is 2.82. The zero-order chi connectivity index (χ0) is 17.9. The van der Waals surface area contributed by atoms with Crippen molar-refractivity contribution in [1.82, 2.24) is 4.90 Å². The largest absolute Gasteiger partial charge is 0.302 e. The number of hydrogen-bond donors (Lipinski definition) is 0. The third-order valence-electron chi connectivity index (χ3n) is 5.81. The highest BCUT2D eigenvalue weighted by Crippen LogP contribution is 2.44. The average Bonchev–Trinajstić information content (AvgIpc) is 2.85. The Kier molecular flexibility index (Phi) is 4.86. The number of fused-ring (bicyclic) bond motifs is 2. The van der Waals surface area contributed by atoms with Crippen LogP contribution in [-0.4, -0.2) is 24.5 Å². The van der Waals surface area contributed by atoms with Gasteiger partial charge in [-0.1, -0.05) is 48.6 Å². The number of likely N-dealkylation sites (tertiary alicyclic amines) is 1. The van der Waals surface area contributed by atoms with Crippen LogP contribution >= 0.6 is 0 Å². The Morgan fingerprint density at radius 1 is 1.00 bits per heavy atom. The predicted molar refractivity (Wildman–Crippen MR) is 103 cm³/mol. The van der Waals surface area contributed by atoms with Crippen LogP contribution in [0.25, 0.3) is 12.2 Å². The maximum atomic E-state index is 14.9. The second kappa shape index (κ2) is 7.43. The summed E-state index contributed by atoms with van der Waals surface area (Å²) >= 11 is 0. The second-order valence-electron chi connectivity index (χ2n) is 7.27. The molecule has 0 bridgehead atoms. The van der Waals surface area contributed by atoms with E-state index in [9.17, 15) is 4.39 Å². The van der Waals surface area contributed by atoms with Crippen molar-refractivity contribution in [2.75, 3.05) is 19.6 Å². The summed E-state index contributed by atoms with van der Waals surface area (Å²) in [5.41, 5.74) is 4.28. The number of rotatable bonds is 3. The van der Waals surface area contributed by atoms with E-state index in [1.165, 1.54) is 11.1 Å². The fourth-order valence-corrected chi connectivity index (χ4v) is 4.52. The Morgan fingerprint density at radius 3 is 2.54 bits per heavy atom. The van der Waals surface area contributed by atoms with Crippen molar-refractivity contribution in [2.45, 2.75) is 25.2 Å². The van der Waals surface area contributed by atoms with Crippen molar-refractivity contribution in [3.63, 3.8) is 0 Å². The van der Waals surface area contributed by atoms with Crippen LogP contribution in [0, 0.1) is 23.1 Å². The Bertz CT molecular complexity index is 857. The summed E-state index contributed by atoms with van der Waals surface area (Å²) in [7, 11) is 0. The molecule has 132 valence electrons. The number of hydrogen-bond acceptors (Lipinski definition) is 2. The van der Waals surface area contributed by atoms with E-state index in [4.69, 9.17) is 5.26 Å². The van der Waals surface area contributed by atoms with E-state index in [-0.39, 0.29) is 11.7 Å². The molecular weight excluding hydrogens is 323 g/mol. The van der Waals surface area contributed by atoms with Crippen LogP contribution < -0.4 is 0 Å². The molecule has 1 fully saturated rings. The van der Waals surface area contributed by atoms with E-state index in [1.807, 2.05) is 6.07 Å². The van der Waals surface area contributed by atoms with Gasteiger partial charge >= 0.3 is 0 Å². The fraction of sp³-hybridized carbons (Fsp3) is 0.348. The molecule has 26 heavy (non-hydrogen) atoms. The van der Waals surface area contributed by atoms with Crippen molar-refractivity contribution in [2.24, 2.45) is 5.92 Å². The Labute approximate surface area is 154 Å². The molecule has 1 saturated heterocycles. The van der Waals surface area contributed by atoms with Crippen LogP contribution in [0.4, 0.5) is 4.39 Å². The molecule has 2 aromatic rings. The van der Waals surface area contributed by atoms with Gasteiger partial charge < -0.3 is 4.90 Å². The van der Waals surface area contributed by atoms with E-state index in [2.05, 4.69) is 47.4 Å². The molecular formula is C23H23FN2. The van der Waals surface area contributed by atoms with E-state index >= 15 is 0 Å². The quantitative estimate of drug-likeness (QED) is 0.776. The van der Waals surface area contributed by atoms with Crippen molar-refractivity contribution in [3.8, 4) is 6.07 Å². The van der Waals surface area contributed by atoms with Crippen LogP contribution in [-0.2, 0) is 0 Å². The minimum Gasteiger partial charge on any atom is -0.302 e. The van der Waals surface area contributed by atoms with E-state index in [0.29, 0.717) is 12.3 Å². The molecule has 2 nitrogen and oxygen atoms in total. The highest BCUT2D eigenvalue weighted by atomic mass is 19.1. The first-order chi connectivity index (χ1) is 12.8. The number of nitriles is 1. The predicted octanol–water partition coefficient (Wildman–Crippen LogP) is 5.07. The first kappa shape index (κ1) is 17.0. The normalized spacial score (nSPS) is 20.1. The van der Waals surface area contributed by atoms with Crippen LogP contribution in [0.3, 0.4) is 0 Å². The molecule has 1 aliphatic heterocycles. The standard InChI is InChI=1S/C23H23FN2/c24-21-8-3-6-18-10-9-17-5-1-2-7-20(17)22(23(18)21)19-11-15-26(16-12-19)14-4-13-25/h1-3,5-10,19,22H,4,11-12,14-16H2. The fourth-order valence-electron chi connectivity index (χ4n) is 4.52. The number of nitrogens with zero attached hydrogens (tertiary/aromatic N) is 2. The van der Waals surface area contributed by atoms with Crippen LogP contribution in [0.1, 0.15) is 47.4 Å². The molecule has 1 heterocycles. The van der Waals surface area contributed by atoms with E-state index in [1.54, 1.807) is 12.1 Å². The minimum atomic E-state index is -0.0965. The summed E-state index contributed by atoms with van der Waals surface area (Å²) < 4.78 is 14.9. The Balaban J connectivity index is 1.70. The lowest BCUT2D eigenvalue weighted by molar-refractivity contribution is 0.177. The molecule has 2 aromatic carbocycles. The molecule has 0 aromatic heterocycles. The molecule has 0 amide bonds. The minimum absolute atomic E-state index is 0.0931.